The second-order valence-corrected chi connectivity index (χ2v) is 10.5. The first-order valence-electron chi connectivity index (χ1n) is 10.2. The van der Waals surface area contributed by atoms with E-state index < -0.39 is 33.1 Å². The van der Waals surface area contributed by atoms with Crippen molar-refractivity contribution < 1.29 is 22.0 Å². The van der Waals surface area contributed by atoms with Crippen LogP contribution >= 0.6 is 11.3 Å². The number of halogens is 2. The van der Waals surface area contributed by atoms with Crippen LogP contribution in [0.3, 0.4) is 0 Å². The molecule has 3 heterocycles. The minimum absolute atomic E-state index is 0.0589. The average molecular weight is 515 g/mol. The topological polar surface area (TPSA) is 114 Å². The summed E-state index contributed by atoms with van der Waals surface area (Å²) in [6.45, 7) is -0.241. The lowest BCUT2D eigenvalue weighted by Crippen LogP contribution is -2.32. The van der Waals surface area contributed by atoms with E-state index in [2.05, 4.69) is 9.97 Å². The lowest BCUT2D eigenvalue weighted by atomic mass is 10.0. The van der Waals surface area contributed by atoms with Crippen LogP contribution in [0.2, 0.25) is 0 Å². The molecule has 0 saturated carbocycles. The van der Waals surface area contributed by atoms with Gasteiger partial charge in [-0.2, -0.15) is 0 Å². The van der Waals surface area contributed by atoms with Crippen molar-refractivity contribution in [3.05, 3.63) is 87.4 Å². The van der Waals surface area contributed by atoms with Gasteiger partial charge in [-0.1, -0.05) is 6.07 Å². The molecular formula is C23H16F2N4O4S2. The van der Waals surface area contributed by atoms with Gasteiger partial charge < -0.3 is 9.55 Å². The first-order chi connectivity index (χ1) is 16.6. The van der Waals surface area contributed by atoms with Gasteiger partial charge in [0, 0.05) is 28.8 Å². The maximum atomic E-state index is 14.6. The van der Waals surface area contributed by atoms with Crippen LogP contribution in [0.4, 0.5) is 8.78 Å². The molecule has 12 heteroatoms. The number of aromatic nitrogens is 3. The van der Waals surface area contributed by atoms with Crippen molar-refractivity contribution in [2.24, 2.45) is 0 Å². The molecule has 3 aromatic heterocycles. The molecule has 5 aromatic rings. The van der Waals surface area contributed by atoms with Crippen molar-refractivity contribution in [2.45, 2.75) is 6.54 Å². The van der Waals surface area contributed by atoms with E-state index in [4.69, 9.17) is 0 Å². The first kappa shape index (κ1) is 22.9. The number of hydrogen-bond acceptors (Lipinski definition) is 6. The number of amides is 1. The van der Waals surface area contributed by atoms with Crippen molar-refractivity contribution in [1.82, 2.24) is 19.3 Å². The second-order valence-electron chi connectivity index (χ2n) is 7.82. The molecule has 0 unspecified atom stereocenters. The molecule has 5 rings (SSSR count). The zero-order chi connectivity index (χ0) is 24.9. The van der Waals surface area contributed by atoms with Crippen molar-refractivity contribution in [2.75, 3.05) is 6.26 Å². The van der Waals surface area contributed by atoms with Crippen LogP contribution in [0.15, 0.2) is 59.0 Å². The molecule has 178 valence electrons. The smallest absolute Gasteiger partial charge is 0.282 e. The van der Waals surface area contributed by atoms with Gasteiger partial charge in [-0.3, -0.25) is 9.59 Å². The van der Waals surface area contributed by atoms with E-state index in [1.807, 2.05) is 4.72 Å². The highest BCUT2D eigenvalue weighted by Crippen LogP contribution is 2.39. The molecule has 8 nitrogen and oxygen atoms in total. The normalized spacial score (nSPS) is 11.9. The lowest BCUT2D eigenvalue weighted by Gasteiger charge is -2.13. The summed E-state index contributed by atoms with van der Waals surface area (Å²) in [6, 6.07) is 9.57. The van der Waals surface area contributed by atoms with E-state index >= 15 is 0 Å². The Bertz CT molecular complexity index is 1810. The van der Waals surface area contributed by atoms with Crippen molar-refractivity contribution in [3.8, 4) is 11.1 Å². The highest BCUT2D eigenvalue weighted by molar-refractivity contribution is 7.89. The Morgan fingerprint density at radius 1 is 1.20 bits per heavy atom. The number of hydrogen-bond donors (Lipinski definition) is 2. The molecule has 0 aliphatic carbocycles. The molecule has 2 N–H and O–H groups in total. The van der Waals surface area contributed by atoms with Crippen LogP contribution in [-0.2, 0) is 16.6 Å². The first-order valence-corrected chi connectivity index (χ1v) is 12.9. The Morgan fingerprint density at radius 2 is 2.00 bits per heavy atom. The maximum Gasteiger partial charge on any atom is 0.282 e. The fourth-order valence-corrected chi connectivity index (χ4v) is 5.20. The molecule has 0 aliphatic rings. The number of benzene rings is 2. The molecule has 0 saturated heterocycles. The Labute approximate surface area is 200 Å². The SMILES string of the molecule is CS(=O)(=O)NC(=O)c1c(-c2ccc[nH]c2=O)c2c3ncsc3ccc2n1Cc1ccc(F)cc1F. The summed E-state index contributed by atoms with van der Waals surface area (Å²) >= 11 is 1.35. The minimum atomic E-state index is -3.99. The van der Waals surface area contributed by atoms with Crippen molar-refractivity contribution in [1.29, 1.82) is 0 Å². The number of nitrogens with one attached hydrogen (secondary N) is 2. The van der Waals surface area contributed by atoms with E-state index in [9.17, 15) is 26.8 Å². The van der Waals surface area contributed by atoms with Gasteiger partial charge in [0.2, 0.25) is 10.0 Å². The molecule has 0 bridgehead atoms. The predicted molar refractivity (Wildman–Crippen MR) is 129 cm³/mol. The van der Waals surface area contributed by atoms with E-state index in [1.165, 1.54) is 34.2 Å². The van der Waals surface area contributed by atoms with Gasteiger partial charge in [-0.25, -0.2) is 26.9 Å². The fourth-order valence-electron chi connectivity index (χ4n) is 4.08. The number of rotatable bonds is 5. The number of nitrogens with zero attached hydrogens (tertiary/aromatic N) is 2. The molecule has 0 spiro atoms. The Kier molecular flexibility index (Phi) is 5.49. The molecule has 0 atom stereocenters. The molecule has 2 aromatic carbocycles. The number of fused-ring (bicyclic) bond motifs is 3. The van der Waals surface area contributed by atoms with Gasteiger partial charge in [-0.05, 0) is 30.3 Å². The van der Waals surface area contributed by atoms with E-state index in [1.54, 1.807) is 23.7 Å². The maximum absolute atomic E-state index is 14.6. The third-order valence-corrected chi connectivity index (χ3v) is 6.80. The van der Waals surface area contributed by atoms with Gasteiger partial charge in [0.25, 0.3) is 11.5 Å². The molecule has 0 fully saturated rings. The molecule has 35 heavy (non-hydrogen) atoms. The molecular weight excluding hydrogens is 498 g/mol. The Morgan fingerprint density at radius 3 is 2.71 bits per heavy atom. The van der Waals surface area contributed by atoms with Crippen LogP contribution in [0.1, 0.15) is 16.1 Å². The number of H-pyrrole nitrogens is 1. The number of aromatic amines is 1. The summed E-state index contributed by atoms with van der Waals surface area (Å²) < 4.78 is 56.2. The molecule has 0 radical (unpaired) electrons. The number of carbonyl (C=O) groups is 1. The summed E-state index contributed by atoms with van der Waals surface area (Å²) in [5.74, 6) is -2.61. The van der Waals surface area contributed by atoms with Gasteiger partial charge >= 0.3 is 0 Å². The van der Waals surface area contributed by atoms with Gasteiger partial charge in [0.15, 0.2) is 0 Å². The lowest BCUT2D eigenvalue weighted by molar-refractivity contribution is 0.0974. The third-order valence-electron chi connectivity index (χ3n) is 5.45. The summed E-state index contributed by atoms with van der Waals surface area (Å²) in [5, 5.41) is 0.432. The number of carbonyl (C=O) groups excluding carboxylic acids is 1. The highest BCUT2D eigenvalue weighted by Gasteiger charge is 2.29. The van der Waals surface area contributed by atoms with E-state index in [0.717, 1.165) is 23.1 Å². The van der Waals surface area contributed by atoms with Gasteiger partial charge in [-0.15, -0.1) is 11.3 Å². The standard InChI is InChI=1S/C23H16F2N4O4S2/c1-35(32,33)28-23(31)21-18(14-3-2-8-26-22(14)30)19-16(6-7-17-20(19)27-11-34-17)29(21)10-12-4-5-13(24)9-15(12)25/h2-9,11H,10H2,1H3,(H,26,30)(H,28,31). The largest absolute Gasteiger partial charge is 0.331 e. The molecule has 1 amide bonds. The van der Waals surface area contributed by atoms with Crippen molar-refractivity contribution in [3.63, 3.8) is 0 Å². The third kappa shape index (κ3) is 4.10. The zero-order valence-corrected chi connectivity index (χ0v) is 19.6. The van der Waals surface area contributed by atoms with Gasteiger partial charge in [0.05, 0.1) is 39.6 Å². The molecule has 0 aliphatic heterocycles. The van der Waals surface area contributed by atoms with Crippen LogP contribution < -0.4 is 10.3 Å². The summed E-state index contributed by atoms with van der Waals surface area (Å²) in [7, 11) is -3.99. The quantitative estimate of drug-likeness (QED) is 0.372. The number of pyridine rings is 1. The van der Waals surface area contributed by atoms with Crippen LogP contribution in [0.25, 0.3) is 32.2 Å². The summed E-state index contributed by atoms with van der Waals surface area (Å²) in [5.41, 5.74) is 2.16. The fraction of sp³-hybridized carbons (Fsp3) is 0.0870. The minimum Gasteiger partial charge on any atom is -0.331 e. The number of thiazole rings is 1. The van der Waals surface area contributed by atoms with E-state index in [0.29, 0.717) is 16.4 Å². The van der Waals surface area contributed by atoms with Crippen molar-refractivity contribution >= 4 is 48.4 Å². The van der Waals surface area contributed by atoms with Crippen LogP contribution in [0, 0.1) is 11.6 Å². The number of sulfonamides is 1. The predicted octanol–water partition coefficient (Wildman–Crippen LogP) is 3.62. The second kappa shape index (κ2) is 8.40. The van der Waals surface area contributed by atoms with E-state index in [-0.39, 0.29) is 28.9 Å². The Hall–Kier alpha value is -3.90. The van der Waals surface area contributed by atoms with Crippen LogP contribution in [-0.4, -0.2) is 35.1 Å². The van der Waals surface area contributed by atoms with Crippen LogP contribution in [0.5, 0.6) is 0 Å². The summed E-state index contributed by atoms with van der Waals surface area (Å²) in [4.78, 5) is 33.2. The average Bonchev–Trinajstić information content (AvgIpc) is 3.37. The zero-order valence-electron chi connectivity index (χ0n) is 18.0. The summed E-state index contributed by atoms with van der Waals surface area (Å²) in [6.07, 6.45) is 2.25. The Balaban J connectivity index is 1.92. The monoisotopic (exact) mass is 514 g/mol. The van der Waals surface area contributed by atoms with Gasteiger partial charge in [0.1, 0.15) is 17.3 Å². The highest BCUT2D eigenvalue weighted by atomic mass is 32.2.